The zero-order valence-electron chi connectivity index (χ0n) is 15.5. The van der Waals surface area contributed by atoms with Crippen molar-refractivity contribution in [3.63, 3.8) is 0 Å². The molecule has 3 heterocycles. The minimum absolute atomic E-state index is 0.198. The van der Waals surface area contributed by atoms with Gasteiger partial charge in [-0.2, -0.15) is 0 Å². The van der Waals surface area contributed by atoms with Crippen LogP contribution in [-0.4, -0.2) is 27.6 Å². The van der Waals surface area contributed by atoms with Crippen LogP contribution in [-0.2, 0) is 16.9 Å². The highest BCUT2D eigenvalue weighted by Crippen LogP contribution is 2.38. The third-order valence-corrected chi connectivity index (χ3v) is 5.78. The number of ketones is 1. The van der Waals surface area contributed by atoms with Gasteiger partial charge in [0.25, 0.3) is 5.56 Å². The van der Waals surface area contributed by atoms with E-state index in [9.17, 15) is 14.7 Å². The molecule has 1 aromatic carbocycles. The molecule has 0 fully saturated rings. The predicted molar refractivity (Wildman–Crippen MR) is 105 cm³/mol. The number of rotatable bonds is 2. The van der Waals surface area contributed by atoms with E-state index in [1.165, 1.54) is 12.2 Å². The lowest BCUT2D eigenvalue weighted by Crippen LogP contribution is -2.39. The maximum atomic E-state index is 13.1. The first-order chi connectivity index (χ1) is 13.5. The third kappa shape index (κ3) is 2.09. The van der Waals surface area contributed by atoms with Gasteiger partial charge in [-0.3, -0.25) is 9.59 Å². The van der Waals surface area contributed by atoms with Gasteiger partial charge in [-0.25, -0.2) is 4.98 Å². The van der Waals surface area contributed by atoms with Crippen LogP contribution < -0.4 is 10.3 Å². The number of methoxy groups -OCH3 is 1. The van der Waals surface area contributed by atoms with Crippen LogP contribution in [0.25, 0.3) is 28.4 Å². The van der Waals surface area contributed by atoms with Crippen LogP contribution in [0, 0.1) is 0 Å². The number of fused-ring (bicyclic) bond motifs is 5. The van der Waals surface area contributed by atoms with E-state index in [0.29, 0.717) is 29.1 Å². The molecular weight excluding hydrogens is 356 g/mol. The van der Waals surface area contributed by atoms with Gasteiger partial charge in [-0.15, -0.1) is 0 Å². The topological polar surface area (TPSA) is 81.4 Å². The van der Waals surface area contributed by atoms with Crippen molar-refractivity contribution in [3.05, 3.63) is 63.5 Å². The summed E-state index contributed by atoms with van der Waals surface area (Å²) in [6.07, 6.45) is 3.00. The maximum Gasteiger partial charge on any atom is 0.259 e. The van der Waals surface area contributed by atoms with Crippen LogP contribution in [0.4, 0.5) is 0 Å². The maximum absolute atomic E-state index is 13.1. The first-order valence-electron chi connectivity index (χ1n) is 9.17. The first-order valence-corrected chi connectivity index (χ1v) is 9.17. The average Bonchev–Trinajstić information content (AvgIpc) is 3.07. The molecule has 0 saturated carbocycles. The van der Waals surface area contributed by atoms with Gasteiger partial charge in [-0.1, -0.05) is 6.92 Å². The van der Waals surface area contributed by atoms with Gasteiger partial charge in [0.2, 0.25) is 0 Å². The van der Waals surface area contributed by atoms with Gasteiger partial charge in [0.15, 0.2) is 11.4 Å². The molecule has 1 N–H and O–H groups in total. The molecule has 1 aliphatic heterocycles. The Morgan fingerprint density at radius 1 is 1.21 bits per heavy atom. The number of hydrogen-bond acceptors (Lipinski definition) is 5. The Balaban J connectivity index is 1.78. The largest absolute Gasteiger partial charge is 0.497 e. The molecule has 5 rings (SSSR count). The van der Waals surface area contributed by atoms with Gasteiger partial charge in [-0.05, 0) is 48.9 Å². The predicted octanol–water partition coefficient (Wildman–Crippen LogP) is 2.63. The van der Waals surface area contributed by atoms with Crippen LogP contribution in [0.1, 0.15) is 30.0 Å². The van der Waals surface area contributed by atoms with Crippen molar-refractivity contribution in [2.45, 2.75) is 25.5 Å². The summed E-state index contributed by atoms with van der Waals surface area (Å²) in [6, 6.07) is 9.39. The summed E-state index contributed by atoms with van der Waals surface area (Å²) in [6.45, 7) is 2.14. The van der Waals surface area contributed by atoms with E-state index in [0.717, 1.165) is 22.2 Å². The van der Waals surface area contributed by atoms with Crippen LogP contribution in [0.2, 0.25) is 0 Å². The summed E-state index contributed by atoms with van der Waals surface area (Å²) >= 11 is 0. The second-order valence-corrected chi connectivity index (χ2v) is 7.21. The number of hydrogen-bond donors (Lipinski definition) is 1. The van der Waals surface area contributed by atoms with Gasteiger partial charge in [0.1, 0.15) is 5.75 Å². The Morgan fingerprint density at radius 2 is 2.04 bits per heavy atom. The Labute approximate surface area is 160 Å². The number of aliphatic hydroxyl groups is 1. The van der Waals surface area contributed by atoms with Crippen molar-refractivity contribution < 1.29 is 14.6 Å². The number of pyridine rings is 2. The second-order valence-electron chi connectivity index (χ2n) is 7.21. The minimum atomic E-state index is -1.67. The average molecular weight is 374 g/mol. The fraction of sp³-hybridized carbons (Fsp3) is 0.227. The lowest BCUT2D eigenvalue weighted by Gasteiger charge is -2.29. The summed E-state index contributed by atoms with van der Waals surface area (Å²) in [4.78, 5) is 30.2. The van der Waals surface area contributed by atoms with Crippen LogP contribution >= 0.6 is 0 Å². The zero-order valence-corrected chi connectivity index (χ0v) is 15.5. The molecule has 0 spiro atoms. The van der Waals surface area contributed by atoms with Crippen LogP contribution in [0.3, 0.4) is 0 Å². The van der Waals surface area contributed by atoms with Crippen LogP contribution in [0.15, 0.2) is 41.2 Å². The van der Waals surface area contributed by atoms with E-state index in [1.807, 2.05) is 24.3 Å². The molecule has 6 nitrogen and oxygen atoms in total. The quantitative estimate of drug-likeness (QED) is 0.583. The standard InChI is InChI=1S/C22H18N2O4/c1-3-22(27)16-10-18-20-13(8-12-9-14(28-2)4-6-17(12)23-20)11-24(18)21(26)15(16)5-7-19(22)25/h4-10,27H,3,11H2,1-2H3/t22-/m1/s1. The summed E-state index contributed by atoms with van der Waals surface area (Å²) in [7, 11) is 1.62. The van der Waals surface area contributed by atoms with Gasteiger partial charge < -0.3 is 14.4 Å². The number of carbonyl (C=O) groups excluding carboxylic acids is 1. The fourth-order valence-corrected chi connectivity index (χ4v) is 4.15. The molecule has 6 heteroatoms. The molecule has 2 aliphatic rings. The fourth-order valence-electron chi connectivity index (χ4n) is 4.15. The van der Waals surface area contributed by atoms with Gasteiger partial charge >= 0.3 is 0 Å². The van der Waals surface area contributed by atoms with Crippen molar-refractivity contribution >= 4 is 22.8 Å². The second kappa shape index (κ2) is 5.62. The molecule has 2 aromatic heterocycles. The number of nitrogens with zero attached hydrogens (tertiary/aromatic N) is 2. The summed E-state index contributed by atoms with van der Waals surface area (Å²) in [5, 5.41) is 11.9. The molecule has 0 radical (unpaired) electrons. The van der Waals surface area contributed by atoms with Gasteiger partial charge in [0, 0.05) is 22.1 Å². The van der Waals surface area contributed by atoms with Crippen molar-refractivity contribution in [2.75, 3.05) is 7.11 Å². The molecule has 0 amide bonds. The summed E-state index contributed by atoms with van der Waals surface area (Å²) < 4.78 is 6.94. The highest BCUT2D eigenvalue weighted by molar-refractivity contribution is 6.04. The molecule has 0 bridgehead atoms. The summed E-state index contributed by atoms with van der Waals surface area (Å²) in [5.74, 6) is 0.345. The number of aromatic nitrogens is 2. The zero-order chi connectivity index (χ0) is 19.6. The summed E-state index contributed by atoms with van der Waals surface area (Å²) in [5.41, 5.74) is 1.89. The lowest BCUT2D eigenvalue weighted by atomic mass is 9.80. The van der Waals surface area contributed by atoms with Crippen molar-refractivity contribution in [3.8, 4) is 17.1 Å². The number of carbonyl (C=O) groups is 1. The molecular formula is C22H18N2O4. The van der Waals surface area contributed by atoms with E-state index < -0.39 is 11.4 Å². The smallest absolute Gasteiger partial charge is 0.259 e. The third-order valence-electron chi connectivity index (χ3n) is 5.78. The van der Waals surface area contributed by atoms with E-state index in [4.69, 9.17) is 9.72 Å². The molecule has 3 aromatic rings. The molecule has 28 heavy (non-hydrogen) atoms. The number of ether oxygens (including phenoxy) is 1. The van der Waals surface area contributed by atoms with E-state index in [1.54, 1.807) is 24.7 Å². The lowest BCUT2D eigenvalue weighted by molar-refractivity contribution is -0.133. The monoisotopic (exact) mass is 374 g/mol. The highest BCUT2D eigenvalue weighted by atomic mass is 16.5. The van der Waals surface area contributed by atoms with E-state index >= 15 is 0 Å². The van der Waals surface area contributed by atoms with Gasteiger partial charge in [0.05, 0.1) is 30.6 Å². The molecule has 1 atom stereocenters. The Morgan fingerprint density at radius 3 is 2.79 bits per heavy atom. The molecule has 1 aliphatic carbocycles. The normalized spacial score (nSPS) is 19.5. The Kier molecular flexibility index (Phi) is 3.39. The number of benzene rings is 1. The molecule has 140 valence electrons. The van der Waals surface area contributed by atoms with Crippen LogP contribution in [0.5, 0.6) is 5.75 Å². The van der Waals surface area contributed by atoms with E-state index in [-0.39, 0.29) is 12.0 Å². The van der Waals surface area contributed by atoms with E-state index in [2.05, 4.69) is 0 Å². The van der Waals surface area contributed by atoms with Crippen molar-refractivity contribution in [1.82, 2.24) is 9.55 Å². The first kappa shape index (κ1) is 16.9. The minimum Gasteiger partial charge on any atom is -0.497 e. The van der Waals surface area contributed by atoms with Crippen molar-refractivity contribution in [1.29, 1.82) is 0 Å². The highest BCUT2D eigenvalue weighted by Gasteiger charge is 2.41. The molecule has 0 saturated heterocycles. The Bertz CT molecular complexity index is 1270. The Hall–Kier alpha value is -3.25. The molecule has 0 unspecified atom stereocenters. The van der Waals surface area contributed by atoms with Crippen molar-refractivity contribution in [2.24, 2.45) is 0 Å². The SMILES string of the molecule is CC[C@]1(O)C(=O)C=Cc2c1cc1n(c2=O)Cc2cc3cc(OC)ccc3nc2-1.